The van der Waals surface area contributed by atoms with Crippen molar-refractivity contribution in [3.63, 3.8) is 0 Å². The van der Waals surface area contributed by atoms with Crippen molar-refractivity contribution in [2.45, 2.75) is 71.6 Å². The molecular weight excluding hydrogens is 283 g/mol. The topological polar surface area (TPSA) is 0 Å². The third-order valence-corrected chi connectivity index (χ3v) is 4.32. The molecule has 1 atom stereocenters. The van der Waals surface area contributed by atoms with Crippen molar-refractivity contribution < 1.29 is 0 Å². The molecular formula is C13H27I. The van der Waals surface area contributed by atoms with Crippen molar-refractivity contribution in [3.05, 3.63) is 0 Å². The molecule has 0 bridgehead atoms. The maximum atomic E-state index is 2.50. The first-order valence-electron chi connectivity index (χ1n) is 6.37. The summed E-state index contributed by atoms with van der Waals surface area (Å²) >= 11 is 2.50. The number of hydrogen-bond donors (Lipinski definition) is 0. The molecule has 14 heavy (non-hydrogen) atoms. The largest absolute Gasteiger partial charge is 0.0861 e. The molecule has 0 spiro atoms. The predicted octanol–water partition coefficient (Wildman–Crippen LogP) is 5.59. The van der Waals surface area contributed by atoms with Crippen molar-refractivity contribution in [1.29, 1.82) is 0 Å². The second-order valence-electron chi connectivity index (χ2n) is 4.52. The van der Waals surface area contributed by atoms with Crippen LogP contribution in [0.3, 0.4) is 0 Å². The molecule has 0 aliphatic heterocycles. The predicted molar refractivity (Wildman–Crippen MR) is 75.3 cm³/mol. The summed E-state index contributed by atoms with van der Waals surface area (Å²) in [5.74, 6) is 0.940. The fourth-order valence-corrected chi connectivity index (χ4v) is 2.14. The van der Waals surface area contributed by atoms with Crippen LogP contribution in [0.2, 0.25) is 0 Å². The summed E-state index contributed by atoms with van der Waals surface area (Å²) in [5.41, 5.74) is 0. The number of hydrogen-bond acceptors (Lipinski definition) is 0. The van der Waals surface area contributed by atoms with E-state index in [0.29, 0.717) is 0 Å². The Morgan fingerprint density at radius 3 is 1.86 bits per heavy atom. The minimum Gasteiger partial charge on any atom is -0.0861 e. The molecule has 0 nitrogen and oxygen atoms in total. The standard InChI is InChI=1S/C13H27I/c1-3-4-5-6-7-8-9-10-11-13(2)12-14/h13H,3-12H2,1-2H3/t13-/m1/s1. The summed E-state index contributed by atoms with van der Waals surface area (Å²) < 4.78 is 1.33. The van der Waals surface area contributed by atoms with Crippen LogP contribution in [0.15, 0.2) is 0 Å². The minimum absolute atomic E-state index is 0.940. The lowest BCUT2D eigenvalue weighted by atomic mass is 10.0. The van der Waals surface area contributed by atoms with Gasteiger partial charge in [0, 0.05) is 4.43 Å². The maximum Gasteiger partial charge on any atom is 0.00210 e. The first kappa shape index (κ1) is 14.7. The van der Waals surface area contributed by atoms with Crippen LogP contribution in [0.1, 0.15) is 71.6 Å². The number of unbranched alkanes of at least 4 members (excludes halogenated alkanes) is 7. The van der Waals surface area contributed by atoms with Gasteiger partial charge in [0.25, 0.3) is 0 Å². The number of alkyl halides is 1. The van der Waals surface area contributed by atoms with Crippen LogP contribution < -0.4 is 0 Å². The highest BCUT2D eigenvalue weighted by molar-refractivity contribution is 14.1. The Bertz CT molecular complexity index is 101. The van der Waals surface area contributed by atoms with Gasteiger partial charge >= 0.3 is 0 Å². The molecule has 0 heterocycles. The fraction of sp³-hybridized carbons (Fsp3) is 1.00. The summed E-state index contributed by atoms with van der Waals surface area (Å²) in [5, 5.41) is 0. The van der Waals surface area contributed by atoms with E-state index in [0.717, 1.165) is 5.92 Å². The van der Waals surface area contributed by atoms with Gasteiger partial charge < -0.3 is 0 Å². The first-order chi connectivity index (χ1) is 6.81. The molecule has 0 N–H and O–H groups in total. The lowest BCUT2D eigenvalue weighted by molar-refractivity contribution is 0.516. The second-order valence-corrected chi connectivity index (χ2v) is 5.40. The zero-order chi connectivity index (χ0) is 10.6. The van der Waals surface area contributed by atoms with E-state index < -0.39 is 0 Å². The Labute approximate surface area is 104 Å². The molecule has 0 unspecified atom stereocenters. The monoisotopic (exact) mass is 310 g/mol. The van der Waals surface area contributed by atoms with Gasteiger partial charge in [-0.3, -0.25) is 0 Å². The Morgan fingerprint density at radius 1 is 0.857 bits per heavy atom. The lowest BCUT2D eigenvalue weighted by Gasteiger charge is -2.06. The molecule has 0 rings (SSSR count). The molecule has 86 valence electrons. The van der Waals surface area contributed by atoms with E-state index in [9.17, 15) is 0 Å². The van der Waals surface area contributed by atoms with Crippen LogP contribution in [0.25, 0.3) is 0 Å². The van der Waals surface area contributed by atoms with Crippen LogP contribution in [0, 0.1) is 5.92 Å². The number of halogens is 1. The highest BCUT2D eigenvalue weighted by Gasteiger charge is 1.98. The highest BCUT2D eigenvalue weighted by atomic mass is 127. The third-order valence-electron chi connectivity index (χ3n) is 2.81. The van der Waals surface area contributed by atoms with E-state index in [1.165, 1.54) is 62.2 Å². The summed E-state index contributed by atoms with van der Waals surface area (Å²) in [6, 6.07) is 0. The third kappa shape index (κ3) is 10.8. The number of rotatable bonds is 10. The summed E-state index contributed by atoms with van der Waals surface area (Å²) in [6.07, 6.45) is 13.0. The van der Waals surface area contributed by atoms with Crippen LogP contribution >= 0.6 is 22.6 Å². The van der Waals surface area contributed by atoms with Gasteiger partial charge in [0.15, 0.2) is 0 Å². The zero-order valence-electron chi connectivity index (χ0n) is 10.0. The molecule has 0 radical (unpaired) electrons. The maximum absolute atomic E-state index is 2.50. The lowest BCUT2D eigenvalue weighted by Crippen LogP contribution is -1.94. The van der Waals surface area contributed by atoms with Crippen molar-refractivity contribution in [3.8, 4) is 0 Å². The Kier molecular flexibility index (Phi) is 12.4. The van der Waals surface area contributed by atoms with Crippen molar-refractivity contribution in [2.24, 2.45) is 5.92 Å². The van der Waals surface area contributed by atoms with Crippen molar-refractivity contribution >= 4 is 22.6 Å². The van der Waals surface area contributed by atoms with Crippen LogP contribution in [0.4, 0.5) is 0 Å². The fourth-order valence-electron chi connectivity index (χ4n) is 1.70. The average molecular weight is 310 g/mol. The van der Waals surface area contributed by atoms with Gasteiger partial charge in [-0.1, -0.05) is 87.8 Å². The average Bonchev–Trinajstić information content (AvgIpc) is 2.21. The van der Waals surface area contributed by atoms with Crippen LogP contribution in [-0.4, -0.2) is 4.43 Å². The quantitative estimate of drug-likeness (QED) is 0.280. The van der Waals surface area contributed by atoms with Crippen molar-refractivity contribution in [1.82, 2.24) is 0 Å². The van der Waals surface area contributed by atoms with E-state index in [2.05, 4.69) is 36.4 Å². The summed E-state index contributed by atoms with van der Waals surface area (Å²) in [7, 11) is 0. The van der Waals surface area contributed by atoms with Gasteiger partial charge in [0.05, 0.1) is 0 Å². The zero-order valence-corrected chi connectivity index (χ0v) is 12.2. The smallest absolute Gasteiger partial charge is 0.00210 e. The summed E-state index contributed by atoms with van der Waals surface area (Å²) in [4.78, 5) is 0. The second kappa shape index (κ2) is 11.8. The van der Waals surface area contributed by atoms with Crippen LogP contribution in [0.5, 0.6) is 0 Å². The molecule has 0 aromatic rings. The molecule has 0 amide bonds. The molecule has 0 aliphatic carbocycles. The van der Waals surface area contributed by atoms with E-state index in [-0.39, 0.29) is 0 Å². The van der Waals surface area contributed by atoms with E-state index in [1.54, 1.807) is 0 Å². The van der Waals surface area contributed by atoms with E-state index in [1.807, 2.05) is 0 Å². The van der Waals surface area contributed by atoms with Gasteiger partial charge in [-0.15, -0.1) is 0 Å². The summed E-state index contributed by atoms with van der Waals surface area (Å²) in [6.45, 7) is 4.65. The molecule has 0 saturated carbocycles. The Balaban J connectivity index is 2.92. The van der Waals surface area contributed by atoms with E-state index >= 15 is 0 Å². The molecule has 0 fully saturated rings. The van der Waals surface area contributed by atoms with Crippen LogP contribution in [-0.2, 0) is 0 Å². The van der Waals surface area contributed by atoms with Gasteiger partial charge in [0.1, 0.15) is 0 Å². The van der Waals surface area contributed by atoms with Crippen molar-refractivity contribution in [2.75, 3.05) is 4.43 Å². The first-order valence-corrected chi connectivity index (χ1v) is 7.89. The normalized spacial score (nSPS) is 13.1. The molecule has 0 aromatic carbocycles. The molecule has 0 aromatic heterocycles. The molecule has 0 aliphatic rings. The highest BCUT2D eigenvalue weighted by Crippen LogP contribution is 2.14. The SMILES string of the molecule is CCCCCCCCCC[C@@H](C)CI. The minimum atomic E-state index is 0.940. The van der Waals surface area contributed by atoms with Gasteiger partial charge in [-0.05, 0) is 12.3 Å². The Hall–Kier alpha value is 0.730. The van der Waals surface area contributed by atoms with Gasteiger partial charge in [0.2, 0.25) is 0 Å². The molecule has 1 heteroatoms. The van der Waals surface area contributed by atoms with E-state index in [4.69, 9.17) is 0 Å². The van der Waals surface area contributed by atoms with Gasteiger partial charge in [-0.25, -0.2) is 0 Å². The molecule has 0 saturated heterocycles. The Morgan fingerprint density at radius 2 is 1.36 bits per heavy atom. The van der Waals surface area contributed by atoms with Gasteiger partial charge in [-0.2, -0.15) is 0 Å².